The van der Waals surface area contributed by atoms with E-state index in [9.17, 15) is 4.79 Å². The minimum Gasteiger partial charge on any atom is -0.268 e. The molecule has 0 saturated carbocycles. The first-order valence-corrected chi connectivity index (χ1v) is 9.89. The van der Waals surface area contributed by atoms with Gasteiger partial charge in [0.2, 0.25) is 0 Å². The van der Waals surface area contributed by atoms with Crippen LogP contribution in [0.5, 0.6) is 0 Å². The fourth-order valence-electron chi connectivity index (χ4n) is 2.79. The summed E-state index contributed by atoms with van der Waals surface area (Å²) < 4.78 is 1.75. The lowest BCUT2D eigenvalue weighted by molar-refractivity contribution is 0.100. The van der Waals surface area contributed by atoms with Gasteiger partial charge in [0.15, 0.2) is 5.17 Å². The Labute approximate surface area is 166 Å². The lowest BCUT2D eigenvalue weighted by Crippen LogP contribution is -2.34. The van der Waals surface area contributed by atoms with Crippen LogP contribution in [0, 0.1) is 0 Å². The molecule has 0 unspecified atom stereocenters. The summed E-state index contributed by atoms with van der Waals surface area (Å²) in [5, 5.41) is 5.55. The fraction of sp³-hybridized carbons (Fsp3) is 0.150. The minimum absolute atomic E-state index is 0.121. The Morgan fingerprint density at radius 2 is 1.93 bits per heavy atom. The van der Waals surface area contributed by atoms with E-state index in [2.05, 4.69) is 10.1 Å². The number of thioether (sulfide) groups is 1. The molecular formula is C20H17ClN4OS. The predicted octanol–water partition coefficient (Wildman–Crippen LogP) is 4.66. The van der Waals surface area contributed by atoms with E-state index in [4.69, 9.17) is 11.6 Å². The highest BCUT2D eigenvalue weighted by molar-refractivity contribution is 8.14. The van der Waals surface area contributed by atoms with Gasteiger partial charge in [-0.3, -0.25) is 14.7 Å². The molecule has 27 heavy (non-hydrogen) atoms. The van der Waals surface area contributed by atoms with E-state index in [0.29, 0.717) is 15.8 Å². The van der Waals surface area contributed by atoms with Crippen LogP contribution in [0.1, 0.15) is 17.3 Å². The van der Waals surface area contributed by atoms with E-state index in [-0.39, 0.29) is 11.9 Å². The fourth-order valence-corrected chi connectivity index (χ4v) is 3.96. The largest absolute Gasteiger partial charge is 0.268 e. The summed E-state index contributed by atoms with van der Waals surface area (Å²) in [6.07, 6.45) is 3.58. The molecule has 0 bridgehead atoms. The van der Waals surface area contributed by atoms with Crippen molar-refractivity contribution in [3.63, 3.8) is 0 Å². The van der Waals surface area contributed by atoms with E-state index in [1.165, 1.54) is 0 Å². The highest BCUT2D eigenvalue weighted by atomic mass is 35.5. The molecule has 1 aliphatic heterocycles. The van der Waals surface area contributed by atoms with Crippen molar-refractivity contribution >= 4 is 40.1 Å². The number of amidine groups is 1. The molecular weight excluding hydrogens is 380 g/mol. The highest BCUT2D eigenvalue weighted by Crippen LogP contribution is 2.28. The molecule has 0 saturated heterocycles. The summed E-state index contributed by atoms with van der Waals surface area (Å²) in [6, 6.07) is 16.7. The van der Waals surface area contributed by atoms with Crippen LogP contribution >= 0.6 is 23.4 Å². The van der Waals surface area contributed by atoms with Crippen molar-refractivity contribution in [3.8, 4) is 5.69 Å². The van der Waals surface area contributed by atoms with Crippen LogP contribution in [0.2, 0.25) is 5.02 Å². The Morgan fingerprint density at radius 1 is 1.19 bits per heavy atom. The number of nitrogens with zero attached hydrogens (tertiary/aromatic N) is 4. The van der Waals surface area contributed by atoms with Gasteiger partial charge in [0.25, 0.3) is 5.91 Å². The molecule has 4 rings (SSSR count). The third-order valence-electron chi connectivity index (χ3n) is 4.15. The van der Waals surface area contributed by atoms with E-state index in [0.717, 1.165) is 17.1 Å². The topological polar surface area (TPSA) is 50.5 Å². The van der Waals surface area contributed by atoms with Gasteiger partial charge >= 0.3 is 0 Å². The summed E-state index contributed by atoms with van der Waals surface area (Å²) in [6.45, 7) is 2.05. The van der Waals surface area contributed by atoms with E-state index >= 15 is 0 Å². The van der Waals surface area contributed by atoms with Crippen LogP contribution in [0.3, 0.4) is 0 Å². The van der Waals surface area contributed by atoms with Crippen LogP contribution in [-0.2, 0) is 0 Å². The van der Waals surface area contributed by atoms with Gasteiger partial charge in [0, 0.05) is 28.7 Å². The van der Waals surface area contributed by atoms with Crippen molar-refractivity contribution < 1.29 is 4.79 Å². The van der Waals surface area contributed by atoms with Crippen molar-refractivity contribution in [3.05, 3.63) is 77.6 Å². The molecule has 5 nitrogen and oxygen atoms in total. The lowest BCUT2D eigenvalue weighted by atomic mass is 10.1. The molecule has 0 N–H and O–H groups in total. The Kier molecular flexibility index (Phi) is 5.01. The van der Waals surface area contributed by atoms with Crippen molar-refractivity contribution in [2.45, 2.75) is 13.0 Å². The molecule has 0 spiro atoms. The van der Waals surface area contributed by atoms with Gasteiger partial charge in [-0.15, -0.1) is 0 Å². The quantitative estimate of drug-likeness (QED) is 0.646. The van der Waals surface area contributed by atoms with Gasteiger partial charge in [0.05, 0.1) is 17.4 Å². The van der Waals surface area contributed by atoms with Gasteiger partial charge in [-0.05, 0) is 61.5 Å². The summed E-state index contributed by atoms with van der Waals surface area (Å²) in [5.74, 6) is 0.745. The first kappa shape index (κ1) is 17.8. The van der Waals surface area contributed by atoms with E-state index < -0.39 is 0 Å². The zero-order valence-electron chi connectivity index (χ0n) is 14.6. The molecule has 1 amide bonds. The maximum atomic E-state index is 13.3. The van der Waals surface area contributed by atoms with Crippen molar-refractivity contribution in [1.82, 2.24) is 9.78 Å². The van der Waals surface area contributed by atoms with Crippen LogP contribution in [0.25, 0.3) is 5.69 Å². The standard InChI is InChI=1S/C20H17ClN4OS/c1-14-13-27-20(23-14)25(18-9-5-16(21)6-10-18)19(26)15-3-7-17(8-4-15)24-12-2-11-22-24/h2-12,14H,13H2,1H3/t14-/m1/s1. The van der Waals surface area contributed by atoms with Crippen molar-refractivity contribution in [1.29, 1.82) is 0 Å². The number of amides is 1. The molecule has 0 aliphatic carbocycles. The van der Waals surface area contributed by atoms with Gasteiger partial charge in [0.1, 0.15) is 0 Å². The number of anilines is 1. The molecule has 0 radical (unpaired) electrons. The number of carbonyl (C=O) groups is 1. The zero-order valence-corrected chi connectivity index (χ0v) is 16.2. The number of rotatable bonds is 3. The third kappa shape index (κ3) is 3.77. The first-order valence-electron chi connectivity index (χ1n) is 8.52. The SMILES string of the molecule is C[C@@H]1CSC(N(C(=O)c2ccc(-n3cccn3)cc2)c2ccc(Cl)cc2)=N1. The van der Waals surface area contributed by atoms with Crippen molar-refractivity contribution in [2.75, 3.05) is 10.7 Å². The van der Waals surface area contributed by atoms with E-state index in [1.807, 2.05) is 55.6 Å². The Hall–Kier alpha value is -2.57. The Morgan fingerprint density at radius 3 is 2.52 bits per heavy atom. The number of benzene rings is 2. The monoisotopic (exact) mass is 396 g/mol. The normalized spacial score (nSPS) is 16.2. The lowest BCUT2D eigenvalue weighted by Gasteiger charge is -2.22. The molecule has 7 heteroatoms. The smallest absolute Gasteiger partial charge is 0.264 e. The number of hydrogen-bond acceptors (Lipinski definition) is 4. The van der Waals surface area contributed by atoms with Gasteiger partial charge in [-0.2, -0.15) is 5.10 Å². The number of aromatic nitrogens is 2. The average molecular weight is 397 g/mol. The summed E-state index contributed by atoms with van der Waals surface area (Å²) in [5.41, 5.74) is 2.24. The Bertz CT molecular complexity index is 968. The second-order valence-electron chi connectivity index (χ2n) is 6.19. The molecule has 1 atom stereocenters. The van der Waals surface area contributed by atoms with Gasteiger partial charge in [-0.1, -0.05) is 23.4 Å². The van der Waals surface area contributed by atoms with Crippen LogP contribution in [-0.4, -0.2) is 32.7 Å². The molecule has 2 aromatic carbocycles. The molecule has 1 aromatic heterocycles. The van der Waals surface area contributed by atoms with Crippen LogP contribution in [0.4, 0.5) is 5.69 Å². The Balaban J connectivity index is 1.68. The average Bonchev–Trinajstić information content (AvgIpc) is 3.36. The van der Waals surface area contributed by atoms with Crippen LogP contribution < -0.4 is 4.90 Å². The predicted molar refractivity (Wildman–Crippen MR) is 111 cm³/mol. The van der Waals surface area contributed by atoms with Gasteiger partial charge < -0.3 is 0 Å². The summed E-state index contributed by atoms with van der Waals surface area (Å²) in [4.78, 5) is 19.6. The second kappa shape index (κ2) is 7.58. The molecule has 2 heterocycles. The molecule has 0 fully saturated rings. The number of hydrogen-bond donors (Lipinski definition) is 0. The molecule has 3 aromatic rings. The maximum absolute atomic E-state index is 13.3. The second-order valence-corrected chi connectivity index (χ2v) is 7.61. The van der Waals surface area contributed by atoms with Crippen molar-refractivity contribution in [2.24, 2.45) is 4.99 Å². The number of carbonyl (C=O) groups excluding carboxylic acids is 1. The maximum Gasteiger partial charge on any atom is 0.264 e. The van der Waals surface area contributed by atoms with E-state index in [1.54, 1.807) is 39.7 Å². The minimum atomic E-state index is -0.121. The van der Waals surface area contributed by atoms with Crippen LogP contribution in [0.15, 0.2) is 72.0 Å². The number of aliphatic imine (C=N–C) groups is 1. The third-order valence-corrected chi connectivity index (χ3v) is 5.59. The molecule has 136 valence electrons. The first-order chi connectivity index (χ1) is 13.1. The zero-order chi connectivity index (χ0) is 18.8. The highest BCUT2D eigenvalue weighted by Gasteiger charge is 2.27. The van der Waals surface area contributed by atoms with Gasteiger partial charge in [-0.25, -0.2) is 4.68 Å². The summed E-state index contributed by atoms with van der Waals surface area (Å²) in [7, 11) is 0. The number of halogens is 1. The molecule has 1 aliphatic rings. The summed E-state index contributed by atoms with van der Waals surface area (Å²) >= 11 is 7.60.